The van der Waals surface area contributed by atoms with E-state index in [1.807, 2.05) is 42.8 Å². The zero-order valence-electron chi connectivity index (χ0n) is 13.1. The second-order valence-corrected chi connectivity index (χ2v) is 6.11. The minimum Gasteiger partial charge on any atom is -0.435 e. The number of alkyl halides is 2. The van der Waals surface area contributed by atoms with Crippen molar-refractivity contribution in [3.63, 3.8) is 0 Å². The van der Waals surface area contributed by atoms with E-state index in [4.69, 9.17) is 0 Å². The number of fused-ring (bicyclic) bond motifs is 1. The van der Waals surface area contributed by atoms with Crippen molar-refractivity contribution in [1.82, 2.24) is 4.57 Å². The van der Waals surface area contributed by atoms with Crippen molar-refractivity contribution in [2.45, 2.75) is 13.5 Å². The maximum atomic E-state index is 12.2. The molecular weight excluding hydrogens is 332 g/mol. The number of hydrogen-bond acceptors (Lipinski definition) is 4. The van der Waals surface area contributed by atoms with Gasteiger partial charge in [-0.15, -0.1) is 5.10 Å². The molecule has 7 heteroatoms. The third kappa shape index (κ3) is 3.51. The zero-order chi connectivity index (χ0) is 17.1. The molecular formula is C17H15F2N3OS. The molecule has 4 nitrogen and oxygen atoms in total. The van der Waals surface area contributed by atoms with E-state index in [1.165, 1.54) is 12.1 Å². The Morgan fingerprint density at radius 3 is 2.50 bits per heavy atom. The molecule has 1 aromatic heterocycles. The number of nitrogens with zero attached hydrogens (tertiary/aromatic N) is 3. The van der Waals surface area contributed by atoms with E-state index < -0.39 is 6.61 Å². The third-order valence-electron chi connectivity index (χ3n) is 3.50. The summed E-state index contributed by atoms with van der Waals surface area (Å²) in [5, 5.41) is 8.56. The van der Waals surface area contributed by atoms with Crippen molar-refractivity contribution in [3.05, 3.63) is 58.9 Å². The molecule has 124 valence electrons. The normalized spacial score (nSPS) is 13.0. The van der Waals surface area contributed by atoms with Crippen LogP contribution in [0, 0.1) is 0 Å². The number of benzene rings is 2. The summed E-state index contributed by atoms with van der Waals surface area (Å²) < 4.78 is 31.8. The molecule has 0 aliphatic heterocycles. The predicted molar refractivity (Wildman–Crippen MR) is 91.6 cm³/mol. The molecule has 0 spiro atoms. The van der Waals surface area contributed by atoms with Gasteiger partial charge in [0.2, 0.25) is 4.80 Å². The second kappa shape index (κ2) is 6.92. The van der Waals surface area contributed by atoms with Crippen molar-refractivity contribution in [2.75, 3.05) is 0 Å². The van der Waals surface area contributed by atoms with Gasteiger partial charge in [-0.3, -0.25) is 0 Å². The van der Waals surface area contributed by atoms with Crippen LogP contribution in [-0.2, 0) is 7.05 Å². The zero-order valence-corrected chi connectivity index (χ0v) is 13.9. The molecule has 0 bridgehead atoms. The Kier molecular flexibility index (Phi) is 4.71. The van der Waals surface area contributed by atoms with Gasteiger partial charge in [-0.05, 0) is 48.9 Å². The molecule has 0 amide bonds. The average Bonchev–Trinajstić information content (AvgIpc) is 2.89. The van der Waals surface area contributed by atoms with E-state index in [9.17, 15) is 8.78 Å². The molecule has 2 aromatic carbocycles. The van der Waals surface area contributed by atoms with Gasteiger partial charge in [0, 0.05) is 7.05 Å². The molecule has 3 rings (SSSR count). The Balaban J connectivity index is 1.88. The van der Waals surface area contributed by atoms with Crippen molar-refractivity contribution >= 4 is 27.3 Å². The standard InChI is InChI=1S/C17H15F2N3OS/c1-11(12-7-9-13(10-8-12)23-16(18)19)20-21-17-22(2)14-5-3-4-6-15(14)24-17/h3-10,16H,1-2H3/b20-11+,21-17+. The van der Waals surface area contributed by atoms with Gasteiger partial charge >= 0.3 is 6.61 Å². The van der Waals surface area contributed by atoms with Crippen LogP contribution in [0.5, 0.6) is 5.75 Å². The average molecular weight is 347 g/mol. The maximum Gasteiger partial charge on any atom is 0.387 e. The first-order valence-corrected chi connectivity index (χ1v) is 8.04. The first-order chi connectivity index (χ1) is 11.5. The van der Waals surface area contributed by atoms with Gasteiger partial charge in [0.05, 0.1) is 15.9 Å². The van der Waals surface area contributed by atoms with Crippen LogP contribution < -0.4 is 9.54 Å². The number of hydrogen-bond donors (Lipinski definition) is 0. The van der Waals surface area contributed by atoms with E-state index in [-0.39, 0.29) is 5.75 Å². The summed E-state index contributed by atoms with van der Waals surface area (Å²) in [6.45, 7) is -1.01. The highest BCUT2D eigenvalue weighted by atomic mass is 32.1. The van der Waals surface area contributed by atoms with Crippen LogP contribution in [0.1, 0.15) is 12.5 Å². The summed E-state index contributed by atoms with van der Waals surface area (Å²) in [6, 6.07) is 14.4. The largest absolute Gasteiger partial charge is 0.435 e. The summed E-state index contributed by atoms with van der Waals surface area (Å²) >= 11 is 1.56. The first kappa shape index (κ1) is 16.3. The highest BCUT2D eigenvalue weighted by Gasteiger charge is 2.05. The summed E-state index contributed by atoms with van der Waals surface area (Å²) in [6.07, 6.45) is 0. The van der Waals surface area contributed by atoms with Crippen molar-refractivity contribution in [1.29, 1.82) is 0 Å². The van der Waals surface area contributed by atoms with Crippen LogP contribution in [0.25, 0.3) is 10.2 Å². The van der Waals surface area contributed by atoms with Gasteiger partial charge in [-0.1, -0.05) is 23.5 Å². The molecule has 1 heterocycles. The van der Waals surface area contributed by atoms with Crippen LogP contribution in [0.15, 0.2) is 58.7 Å². The summed E-state index contributed by atoms with van der Waals surface area (Å²) in [5.41, 5.74) is 2.59. The summed E-state index contributed by atoms with van der Waals surface area (Å²) in [4.78, 5) is 0.785. The Morgan fingerprint density at radius 1 is 1.12 bits per heavy atom. The number of aromatic nitrogens is 1. The number of rotatable bonds is 4. The number of aryl methyl sites for hydroxylation is 1. The van der Waals surface area contributed by atoms with Crippen LogP contribution in [-0.4, -0.2) is 16.9 Å². The van der Waals surface area contributed by atoms with Crippen molar-refractivity contribution in [2.24, 2.45) is 17.3 Å². The lowest BCUT2D eigenvalue weighted by Gasteiger charge is -2.04. The van der Waals surface area contributed by atoms with Crippen molar-refractivity contribution in [3.8, 4) is 5.75 Å². The molecule has 3 aromatic rings. The van der Waals surface area contributed by atoms with Gasteiger partial charge in [0.15, 0.2) is 0 Å². The van der Waals surface area contributed by atoms with Crippen molar-refractivity contribution < 1.29 is 13.5 Å². The monoisotopic (exact) mass is 347 g/mol. The van der Waals surface area contributed by atoms with Crippen LogP contribution in [0.3, 0.4) is 0 Å². The molecule has 0 fully saturated rings. The fourth-order valence-electron chi connectivity index (χ4n) is 2.23. The third-order valence-corrected chi connectivity index (χ3v) is 4.60. The van der Waals surface area contributed by atoms with Crippen LogP contribution in [0.2, 0.25) is 0 Å². The van der Waals surface area contributed by atoms with Gasteiger partial charge in [0.25, 0.3) is 0 Å². The number of para-hydroxylation sites is 1. The summed E-state index contributed by atoms with van der Waals surface area (Å²) in [5.74, 6) is 0.120. The molecule has 0 radical (unpaired) electrons. The molecule has 0 N–H and O–H groups in total. The quantitative estimate of drug-likeness (QED) is 0.516. The minimum absolute atomic E-state index is 0.120. The molecule has 0 atom stereocenters. The SMILES string of the molecule is C/C(=N\N=c1\sc2ccccc2n1C)c1ccc(OC(F)F)cc1. The predicted octanol–water partition coefficient (Wildman–Crippen LogP) is 4.17. The van der Waals surface area contributed by atoms with Gasteiger partial charge < -0.3 is 9.30 Å². The maximum absolute atomic E-state index is 12.2. The molecule has 0 saturated carbocycles. The highest BCUT2D eigenvalue weighted by molar-refractivity contribution is 7.16. The fourth-order valence-corrected chi connectivity index (χ4v) is 3.20. The molecule has 0 aliphatic carbocycles. The van der Waals surface area contributed by atoms with Crippen LogP contribution in [0.4, 0.5) is 8.78 Å². The van der Waals surface area contributed by atoms with Gasteiger partial charge in [0.1, 0.15) is 5.75 Å². The number of ether oxygens (including phenoxy) is 1. The lowest BCUT2D eigenvalue weighted by molar-refractivity contribution is -0.0498. The van der Waals surface area contributed by atoms with E-state index in [0.717, 1.165) is 20.6 Å². The summed E-state index contributed by atoms with van der Waals surface area (Å²) in [7, 11) is 1.94. The Labute approximate surface area is 141 Å². The minimum atomic E-state index is -2.83. The molecule has 0 aliphatic rings. The number of halogens is 2. The van der Waals surface area contributed by atoms with E-state index in [1.54, 1.807) is 23.5 Å². The lowest BCUT2D eigenvalue weighted by Crippen LogP contribution is -2.09. The Hall–Kier alpha value is -2.54. The highest BCUT2D eigenvalue weighted by Crippen LogP contribution is 2.16. The smallest absolute Gasteiger partial charge is 0.387 e. The second-order valence-electron chi connectivity index (χ2n) is 5.10. The van der Waals surface area contributed by atoms with Gasteiger partial charge in [-0.25, -0.2) is 0 Å². The fraction of sp³-hybridized carbons (Fsp3) is 0.176. The van der Waals surface area contributed by atoms with E-state index in [2.05, 4.69) is 14.9 Å². The Morgan fingerprint density at radius 2 is 1.83 bits per heavy atom. The van der Waals surface area contributed by atoms with E-state index >= 15 is 0 Å². The first-order valence-electron chi connectivity index (χ1n) is 7.22. The van der Waals surface area contributed by atoms with Gasteiger partial charge in [-0.2, -0.15) is 13.9 Å². The molecule has 0 saturated heterocycles. The lowest BCUT2D eigenvalue weighted by atomic mass is 10.1. The van der Waals surface area contributed by atoms with Crippen LogP contribution >= 0.6 is 11.3 Å². The van der Waals surface area contributed by atoms with E-state index in [0.29, 0.717) is 5.71 Å². The number of thiazole rings is 1. The molecule has 24 heavy (non-hydrogen) atoms. The molecule has 0 unspecified atom stereocenters. The Bertz CT molecular complexity index is 942. The topological polar surface area (TPSA) is 38.9 Å².